The first-order chi connectivity index (χ1) is 5.65. The normalized spacial score (nSPS) is 15.2. The minimum absolute atomic E-state index is 0.138. The van der Waals surface area contributed by atoms with Crippen molar-refractivity contribution in [1.29, 1.82) is 0 Å². The fourth-order valence-electron chi connectivity index (χ4n) is 0.780. The molecule has 0 aromatic carbocycles. The number of hydrogen-bond acceptors (Lipinski definition) is 5. The van der Waals surface area contributed by atoms with Crippen LogP contribution in [0.2, 0.25) is 0 Å². The molecular formula is C7H12O2S3. The molecule has 0 spiro atoms. The smallest absolute Gasteiger partial charge is 0.170 e. The number of hydrogen-bond donors (Lipinski definition) is 3. The van der Waals surface area contributed by atoms with Crippen molar-refractivity contribution in [2.75, 3.05) is 11.5 Å². The van der Waals surface area contributed by atoms with Gasteiger partial charge in [0.1, 0.15) is 0 Å². The SMILES string of the molecule is O=C(C=S)C(CS)CC(O)CS. The highest BCUT2D eigenvalue weighted by Gasteiger charge is 2.17. The number of rotatable bonds is 6. The van der Waals surface area contributed by atoms with E-state index in [1.807, 2.05) is 0 Å². The Morgan fingerprint density at radius 3 is 2.42 bits per heavy atom. The van der Waals surface area contributed by atoms with Gasteiger partial charge in [-0.1, -0.05) is 12.2 Å². The van der Waals surface area contributed by atoms with Gasteiger partial charge in [-0.15, -0.1) is 0 Å². The van der Waals surface area contributed by atoms with E-state index in [0.29, 0.717) is 17.9 Å². The molecule has 12 heavy (non-hydrogen) atoms. The summed E-state index contributed by atoms with van der Waals surface area (Å²) in [4.78, 5) is 11.0. The van der Waals surface area contributed by atoms with Gasteiger partial charge in [0.05, 0.1) is 6.10 Å². The van der Waals surface area contributed by atoms with E-state index in [-0.39, 0.29) is 11.7 Å². The van der Waals surface area contributed by atoms with Gasteiger partial charge in [0.25, 0.3) is 0 Å². The van der Waals surface area contributed by atoms with E-state index >= 15 is 0 Å². The quantitative estimate of drug-likeness (QED) is 0.461. The van der Waals surface area contributed by atoms with Crippen LogP contribution in [0.1, 0.15) is 6.42 Å². The molecule has 1 N–H and O–H groups in total. The van der Waals surface area contributed by atoms with Crippen molar-refractivity contribution in [2.24, 2.45) is 5.92 Å². The lowest BCUT2D eigenvalue weighted by molar-refractivity contribution is -0.116. The van der Waals surface area contributed by atoms with Gasteiger partial charge in [0, 0.05) is 22.8 Å². The van der Waals surface area contributed by atoms with Crippen LogP contribution in [0.25, 0.3) is 0 Å². The molecule has 0 saturated carbocycles. The van der Waals surface area contributed by atoms with Crippen LogP contribution < -0.4 is 0 Å². The maximum Gasteiger partial charge on any atom is 0.170 e. The lowest BCUT2D eigenvalue weighted by atomic mass is 10.0. The fraction of sp³-hybridized carbons (Fsp3) is 0.714. The van der Waals surface area contributed by atoms with Gasteiger partial charge in [0.15, 0.2) is 5.78 Å². The molecule has 0 saturated heterocycles. The summed E-state index contributed by atoms with van der Waals surface area (Å²) in [7, 11) is 0. The maximum absolute atomic E-state index is 11.0. The zero-order chi connectivity index (χ0) is 9.56. The molecule has 0 bridgehead atoms. The summed E-state index contributed by atoms with van der Waals surface area (Å²) in [6.45, 7) is 0. The second kappa shape index (κ2) is 6.88. The van der Waals surface area contributed by atoms with Crippen LogP contribution in [0.3, 0.4) is 0 Å². The summed E-state index contributed by atoms with van der Waals surface area (Å²) < 4.78 is 0. The minimum atomic E-state index is -0.551. The van der Waals surface area contributed by atoms with Gasteiger partial charge in [0.2, 0.25) is 0 Å². The van der Waals surface area contributed by atoms with E-state index in [1.165, 1.54) is 0 Å². The van der Waals surface area contributed by atoms with Gasteiger partial charge >= 0.3 is 0 Å². The second-order valence-corrected chi connectivity index (χ2v) is 3.44. The first-order valence-corrected chi connectivity index (χ1v) is 5.28. The van der Waals surface area contributed by atoms with Crippen LogP contribution in [-0.2, 0) is 4.79 Å². The molecule has 0 fully saturated rings. The molecule has 0 aromatic rings. The summed E-state index contributed by atoms with van der Waals surface area (Å²) in [5, 5.41) is 10.3. The van der Waals surface area contributed by atoms with E-state index in [4.69, 9.17) is 0 Å². The lowest BCUT2D eigenvalue weighted by Gasteiger charge is -2.13. The fourth-order valence-corrected chi connectivity index (χ4v) is 1.45. The maximum atomic E-state index is 11.0. The molecule has 2 unspecified atom stereocenters. The molecule has 0 aliphatic carbocycles. The number of Topliss-reactive ketones (excluding diaryl/α,β-unsaturated/α-hetero) is 1. The zero-order valence-electron chi connectivity index (χ0n) is 6.51. The van der Waals surface area contributed by atoms with Gasteiger partial charge in [-0.3, -0.25) is 4.79 Å². The Morgan fingerprint density at radius 1 is 1.50 bits per heavy atom. The summed E-state index contributed by atoms with van der Waals surface area (Å²) >= 11 is 12.4. The number of aliphatic hydroxyl groups excluding tert-OH is 1. The monoisotopic (exact) mass is 224 g/mol. The Morgan fingerprint density at radius 2 is 2.08 bits per heavy atom. The molecule has 0 rings (SSSR count). The summed E-state index contributed by atoms with van der Waals surface area (Å²) in [5.41, 5.74) is 0. The molecular weight excluding hydrogens is 212 g/mol. The Kier molecular flexibility index (Phi) is 7.13. The number of carbonyl (C=O) groups is 1. The van der Waals surface area contributed by atoms with Crippen molar-refractivity contribution in [3.05, 3.63) is 0 Å². The van der Waals surface area contributed by atoms with Crippen LogP contribution in [0.4, 0.5) is 0 Å². The highest BCUT2D eigenvalue weighted by Crippen LogP contribution is 2.10. The molecule has 2 nitrogen and oxygen atoms in total. The van der Waals surface area contributed by atoms with Crippen molar-refractivity contribution in [3.63, 3.8) is 0 Å². The van der Waals surface area contributed by atoms with Gasteiger partial charge in [-0.05, 0) is 6.42 Å². The van der Waals surface area contributed by atoms with Gasteiger partial charge < -0.3 is 5.11 Å². The lowest BCUT2D eigenvalue weighted by Crippen LogP contribution is -2.23. The largest absolute Gasteiger partial charge is 0.392 e. The van der Waals surface area contributed by atoms with Crippen LogP contribution in [0, 0.1) is 5.92 Å². The number of thiol groups is 2. The van der Waals surface area contributed by atoms with Gasteiger partial charge in [-0.2, -0.15) is 25.3 Å². The average molecular weight is 224 g/mol. The van der Waals surface area contributed by atoms with Crippen molar-refractivity contribution < 1.29 is 9.90 Å². The first-order valence-electron chi connectivity index (χ1n) is 3.54. The van der Waals surface area contributed by atoms with Crippen molar-refractivity contribution in [1.82, 2.24) is 0 Å². The summed E-state index contributed by atoms with van der Waals surface area (Å²) in [6.07, 6.45) is -0.164. The van der Waals surface area contributed by atoms with E-state index in [1.54, 1.807) is 0 Å². The van der Waals surface area contributed by atoms with Crippen molar-refractivity contribution >= 4 is 48.6 Å². The minimum Gasteiger partial charge on any atom is -0.392 e. The third kappa shape index (κ3) is 4.45. The molecule has 5 heteroatoms. The Bertz CT molecular complexity index is 161. The third-order valence-corrected chi connectivity index (χ3v) is 2.60. The predicted octanol–water partition coefficient (Wildman–Crippen LogP) is 0.782. The molecule has 0 aliphatic rings. The highest BCUT2D eigenvalue weighted by atomic mass is 32.1. The summed E-state index contributed by atoms with van der Waals surface area (Å²) in [6, 6.07) is 0. The second-order valence-electron chi connectivity index (χ2n) is 2.47. The number of carbonyl (C=O) groups excluding carboxylic acids is 1. The van der Waals surface area contributed by atoms with Crippen LogP contribution in [0.15, 0.2) is 0 Å². The molecule has 0 aromatic heterocycles. The van der Waals surface area contributed by atoms with E-state index < -0.39 is 6.10 Å². The van der Waals surface area contributed by atoms with Crippen LogP contribution >= 0.6 is 37.5 Å². The standard InChI is InChI=1S/C7H12O2S3/c8-6(3-11)1-5(2-10)7(9)4-12/h4-6,8,10-11H,1-3H2. The number of aliphatic hydroxyl groups is 1. The molecule has 0 aliphatic heterocycles. The van der Waals surface area contributed by atoms with Crippen molar-refractivity contribution in [3.8, 4) is 0 Å². The average Bonchev–Trinajstić information content (AvgIpc) is 2.12. The Balaban J connectivity index is 3.98. The molecule has 0 radical (unpaired) electrons. The first kappa shape index (κ1) is 12.4. The predicted molar refractivity (Wildman–Crippen MR) is 60.5 cm³/mol. The van der Waals surface area contributed by atoms with E-state index in [0.717, 1.165) is 5.37 Å². The van der Waals surface area contributed by atoms with Crippen LogP contribution in [0.5, 0.6) is 0 Å². The number of ketones is 1. The topological polar surface area (TPSA) is 37.3 Å². The molecule has 0 heterocycles. The van der Waals surface area contributed by atoms with Crippen LogP contribution in [-0.4, -0.2) is 33.9 Å². The third-order valence-electron chi connectivity index (χ3n) is 1.51. The van der Waals surface area contributed by atoms with E-state index in [2.05, 4.69) is 37.5 Å². The molecule has 0 amide bonds. The highest BCUT2D eigenvalue weighted by molar-refractivity contribution is 7.81. The van der Waals surface area contributed by atoms with Gasteiger partial charge in [-0.25, -0.2) is 0 Å². The van der Waals surface area contributed by atoms with E-state index in [9.17, 15) is 9.90 Å². The van der Waals surface area contributed by atoms with Crippen molar-refractivity contribution in [2.45, 2.75) is 12.5 Å². The molecule has 2 atom stereocenters. The zero-order valence-corrected chi connectivity index (χ0v) is 9.12. The Labute approximate surface area is 88.6 Å². The Hall–Kier alpha value is 0.420. The summed E-state index contributed by atoms with van der Waals surface area (Å²) in [5.74, 6) is 0.361. The molecule has 70 valence electrons. The number of thiocarbonyl (C=S) groups is 1.